The Bertz CT molecular complexity index is 857. The molecule has 0 bridgehead atoms. The van der Waals surface area contributed by atoms with E-state index in [4.69, 9.17) is 0 Å². The molecule has 3 aromatic rings. The zero-order chi connectivity index (χ0) is 18.4. The number of nitrogens with one attached hydrogen (secondary N) is 2. The third-order valence-electron chi connectivity index (χ3n) is 4.41. The fraction of sp³-hybridized carbons (Fsp3) is 0.174. The number of hydrogen-bond donors (Lipinski definition) is 2. The first-order valence-electron chi connectivity index (χ1n) is 8.87. The molecular weight excluding hydrogens is 320 g/mol. The molecule has 3 heteroatoms. The number of anilines is 1. The van der Waals surface area contributed by atoms with Gasteiger partial charge in [-0.25, -0.2) is 0 Å². The zero-order valence-electron chi connectivity index (χ0n) is 15.2. The van der Waals surface area contributed by atoms with E-state index in [1.807, 2.05) is 55.5 Å². The van der Waals surface area contributed by atoms with Crippen LogP contribution in [0.1, 0.15) is 40.0 Å². The van der Waals surface area contributed by atoms with Crippen LogP contribution in [0.2, 0.25) is 0 Å². The highest BCUT2D eigenvalue weighted by Gasteiger charge is 2.07. The molecule has 3 nitrogen and oxygen atoms in total. The van der Waals surface area contributed by atoms with Crippen LogP contribution in [0.15, 0.2) is 78.9 Å². The van der Waals surface area contributed by atoms with Crippen LogP contribution in [0.5, 0.6) is 0 Å². The predicted octanol–water partition coefficient (Wildman–Crippen LogP) is 5.10. The summed E-state index contributed by atoms with van der Waals surface area (Å²) in [6, 6.07) is 26.2. The zero-order valence-corrected chi connectivity index (χ0v) is 15.2. The second-order valence-corrected chi connectivity index (χ2v) is 6.53. The number of carbonyl (C=O) groups excluding carboxylic acids is 1. The number of hydrogen-bond acceptors (Lipinski definition) is 2. The molecular formula is C23H24N2O. The van der Waals surface area contributed by atoms with Gasteiger partial charge in [0.2, 0.25) is 0 Å². The van der Waals surface area contributed by atoms with Gasteiger partial charge in [-0.1, -0.05) is 60.2 Å². The molecule has 1 amide bonds. The summed E-state index contributed by atoms with van der Waals surface area (Å²) in [7, 11) is 0. The molecule has 132 valence electrons. The molecule has 0 saturated carbocycles. The Labute approximate surface area is 155 Å². The van der Waals surface area contributed by atoms with Gasteiger partial charge in [-0.15, -0.1) is 0 Å². The topological polar surface area (TPSA) is 41.1 Å². The van der Waals surface area contributed by atoms with Gasteiger partial charge in [0, 0.05) is 23.8 Å². The molecule has 0 spiro atoms. The Kier molecular flexibility index (Phi) is 5.82. The summed E-state index contributed by atoms with van der Waals surface area (Å²) in [6.07, 6.45) is 0. The average molecular weight is 344 g/mol. The summed E-state index contributed by atoms with van der Waals surface area (Å²) in [6.45, 7) is 4.90. The van der Waals surface area contributed by atoms with Crippen molar-refractivity contribution in [3.05, 3.63) is 101 Å². The molecule has 0 aromatic heterocycles. The smallest absolute Gasteiger partial charge is 0.255 e. The lowest BCUT2D eigenvalue weighted by atomic mass is 10.1. The summed E-state index contributed by atoms with van der Waals surface area (Å²) in [4.78, 5) is 12.4. The number of amides is 1. The molecule has 0 aliphatic heterocycles. The number of rotatable bonds is 6. The van der Waals surface area contributed by atoms with Crippen LogP contribution < -0.4 is 10.6 Å². The quantitative estimate of drug-likeness (QED) is 0.653. The van der Waals surface area contributed by atoms with Crippen LogP contribution in [-0.2, 0) is 6.54 Å². The molecule has 0 aliphatic rings. The first-order chi connectivity index (χ1) is 12.6. The van der Waals surface area contributed by atoms with Crippen molar-refractivity contribution in [3.8, 4) is 0 Å². The van der Waals surface area contributed by atoms with Gasteiger partial charge in [0.15, 0.2) is 0 Å². The molecule has 0 unspecified atom stereocenters. The SMILES string of the molecule is Cc1ccc(C(=O)Nc2cccc(CN[C@H](C)c3ccccc3)c2)cc1. The Morgan fingerprint density at radius 2 is 1.65 bits per heavy atom. The van der Waals surface area contributed by atoms with Crippen LogP contribution in [0.25, 0.3) is 0 Å². The van der Waals surface area contributed by atoms with E-state index in [0.29, 0.717) is 5.56 Å². The highest BCUT2D eigenvalue weighted by Crippen LogP contribution is 2.15. The average Bonchev–Trinajstić information content (AvgIpc) is 2.67. The standard InChI is InChI=1S/C23H24N2O/c1-17-11-13-21(14-12-17)23(26)25-22-10-6-7-19(15-22)16-24-18(2)20-8-4-3-5-9-20/h3-15,18,24H,16H2,1-2H3,(H,25,26)/t18-/m1/s1. The molecule has 2 N–H and O–H groups in total. The Balaban J connectivity index is 1.61. The first-order valence-corrected chi connectivity index (χ1v) is 8.87. The van der Waals surface area contributed by atoms with E-state index in [-0.39, 0.29) is 11.9 Å². The van der Waals surface area contributed by atoms with Crippen molar-refractivity contribution in [3.63, 3.8) is 0 Å². The molecule has 26 heavy (non-hydrogen) atoms. The minimum Gasteiger partial charge on any atom is -0.322 e. The van der Waals surface area contributed by atoms with Crippen LogP contribution in [0.3, 0.4) is 0 Å². The fourth-order valence-corrected chi connectivity index (χ4v) is 2.80. The second kappa shape index (κ2) is 8.45. The van der Waals surface area contributed by atoms with Crippen molar-refractivity contribution in [2.24, 2.45) is 0 Å². The van der Waals surface area contributed by atoms with E-state index >= 15 is 0 Å². The third kappa shape index (κ3) is 4.80. The molecule has 3 rings (SSSR count). The lowest BCUT2D eigenvalue weighted by molar-refractivity contribution is 0.102. The Morgan fingerprint density at radius 1 is 0.923 bits per heavy atom. The van der Waals surface area contributed by atoms with E-state index in [1.54, 1.807) is 0 Å². The Hall–Kier alpha value is -2.91. The number of aryl methyl sites for hydroxylation is 1. The monoisotopic (exact) mass is 344 g/mol. The maximum Gasteiger partial charge on any atom is 0.255 e. The molecule has 0 fully saturated rings. The first kappa shape index (κ1) is 17.9. The van der Waals surface area contributed by atoms with Crippen molar-refractivity contribution in [2.45, 2.75) is 26.4 Å². The van der Waals surface area contributed by atoms with Crippen LogP contribution in [0.4, 0.5) is 5.69 Å². The van der Waals surface area contributed by atoms with E-state index in [9.17, 15) is 4.79 Å². The minimum absolute atomic E-state index is 0.0900. The van der Waals surface area contributed by atoms with Crippen molar-refractivity contribution in [1.29, 1.82) is 0 Å². The minimum atomic E-state index is -0.0900. The van der Waals surface area contributed by atoms with Gasteiger partial charge in [0.25, 0.3) is 5.91 Å². The summed E-state index contributed by atoms with van der Waals surface area (Å²) in [5.41, 5.74) is 5.01. The van der Waals surface area contributed by atoms with Gasteiger partial charge in [0.1, 0.15) is 0 Å². The van der Waals surface area contributed by atoms with Crippen LogP contribution in [0, 0.1) is 6.92 Å². The van der Waals surface area contributed by atoms with Crippen LogP contribution >= 0.6 is 0 Å². The van der Waals surface area contributed by atoms with E-state index in [0.717, 1.165) is 23.4 Å². The van der Waals surface area contributed by atoms with Crippen molar-refractivity contribution < 1.29 is 4.79 Å². The predicted molar refractivity (Wildman–Crippen MR) is 107 cm³/mol. The lowest BCUT2D eigenvalue weighted by Crippen LogP contribution is -2.18. The molecule has 0 radical (unpaired) electrons. The van der Waals surface area contributed by atoms with E-state index < -0.39 is 0 Å². The Morgan fingerprint density at radius 3 is 2.38 bits per heavy atom. The van der Waals surface area contributed by atoms with Gasteiger partial charge >= 0.3 is 0 Å². The van der Waals surface area contributed by atoms with Gasteiger partial charge in [0.05, 0.1) is 0 Å². The molecule has 0 heterocycles. The largest absolute Gasteiger partial charge is 0.322 e. The summed E-state index contributed by atoms with van der Waals surface area (Å²) < 4.78 is 0. The van der Waals surface area contributed by atoms with Gasteiger partial charge < -0.3 is 10.6 Å². The van der Waals surface area contributed by atoms with E-state index in [1.165, 1.54) is 5.56 Å². The molecule has 0 aliphatic carbocycles. The van der Waals surface area contributed by atoms with Gasteiger partial charge in [-0.05, 0) is 49.2 Å². The second-order valence-electron chi connectivity index (χ2n) is 6.53. The number of carbonyl (C=O) groups is 1. The molecule has 1 atom stereocenters. The fourth-order valence-electron chi connectivity index (χ4n) is 2.80. The molecule has 0 saturated heterocycles. The van der Waals surface area contributed by atoms with Gasteiger partial charge in [-0.3, -0.25) is 4.79 Å². The number of benzene rings is 3. The van der Waals surface area contributed by atoms with E-state index in [2.05, 4.69) is 47.9 Å². The normalized spacial score (nSPS) is 11.8. The van der Waals surface area contributed by atoms with Gasteiger partial charge in [-0.2, -0.15) is 0 Å². The van der Waals surface area contributed by atoms with Crippen LogP contribution in [-0.4, -0.2) is 5.91 Å². The van der Waals surface area contributed by atoms with Crippen molar-refractivity contribution >= 4 is 11.6 Å². The maximum atomic E-state index is 12.4. The highest BCUT2D eigenvalue weighted by atomic mass is 16.1. The molecule has 3 aromatic carbocycles. The summed E-state index contributed by atoms with van der Waals surface area (Å²) in [5, 5.41) is 6.49. The highest BCUT2D eigenvalue weighted by molar-refractivity contribution is 6.04. The third-order valence-corrected chi connectivity index (χ3v) is 4.41. The lowest BCUT2D eigenvalue weighted by Gasteiger charge is -2.15. The summed E-state index contributed by atoms with van der Waals surface area (Å²) >= 11 is 0. The maximum absolute atomic E-state index is 12.4. The van der Waals surface area contributed by atoms with Crippen molar-refractivity contribution in [2.75, 3.05) is 5.32 Å². The van der Waals surface area contributed by atoms with Crippen molar-refractivity contribution in [1.82, 2.24) is 5.32 Å². The summed E-state index contributed by atoms with van der Waals surface area (Å²) in [5.74, 6) is -0.0900.